The molecule has 0 unspecified atom stereocenters. The third-order valence-corrected chi connectivity index (χ3v) is 6.55. The zero-order chi connectivity index (χ0) is 23.8. The van der Waals surface area contributed by atoms with E-state index in [0.29, 0.717) is 22.0 Å². The maximum atomic E-state index is 13.6. The van der Waals surface area contributed by atoms with Crippen molar-refractivity contribution < 1.29 is 9.53 Å². The minimum atomic E-state index is -0.441. The summed E-state index contributed by atoms with van der Waals surface area (Å²) >= 11 is 6.04. The van der Waals surface area contributed by atoms with Gasteiger partial charge in [-0.3, -0.25) is 14.2 Å². The predicted molar refractivity (Wildman–Crippen MR) is 129 cm³/mol. The van der Waals surface area contributed by atoms with Crippen LogP contribution in [-0.4, -0.2) is 31.6 Å². The molecule has 0 amide bonds. The van der Waals surface area contributed by atoms with Gasteiger partial charge in [-0.1, -0.05) is 42.6 Å². The monoisotopic (exact) mass is 478 g/mol. The van der Waals surface area contributed by atoms with Crippen LogP contribution in [0.2, 0.25) is 5.02 Å². The fourth-order valence-electron chi connectivity index (χ4n) is 4.65. The number of carbonyl (C=O) groups is 1. The second-order valence-corrected chi connectivity index (χ2v) is 8.85. The topological polar surface area (TPSA) is 88.1 Å². The van der Waals surface area contributed by atoms with Gasteiger partial charge in [-0.15, -0.1) is 0 Å². The standard InChI is InChI=1S/C25H23ClN4O4/c1-34-20-11-5-10-19(13-20)29-23-22(24(32)30(25(29)33)18-8-2-3-9-18)28(15-27-23)14-21(31)16-6-4-7-17(26)12-16/h4-7,10-13,15,18H,2-3,8-9,14H2,1H3. The Morgan fingerprint density at radius 3 is 2.62 bits per heavy atom. The van der Waals surface area contributed by atoms with Gasteiger partial charge in [-0.05, 0) is 37.1 Å². The highest BCUT2D eigenvalue weighted by molar-refractivity contribution is 6.31. The van der Waals surface area contributed by atoms with Crippen molar-refractivity contribution in [2.24, 2.45) is 0 Å². The molecule has 9 heteroatoms. The molecule has 1 aliphatic rings. The highest BCUT2D eigenvalue weighted by Gasteiger charge is 2.26. The number of Topliss-reactive ketones (excluding diaryl/α,β-unsaturated/α-hetero) is 1. The molecular weight excluding hydrogens is 456 g/mol. The van der Waals surface area contributed by atoms with Crippen molar-refractivity contribution >= 4 is 28.5 Å². The van der Waals surface area contributed by atoms with Crippen molar-refractivity contribution in [3.63, 3.8) is 0 Å². The minimum Gasteiger partial charge on any atom is -0.497 e. The molecule has 1 aliphatic carbocycles. The molecule has 1 fully saturated rings. The number of rotatable bonds is 6. The summed E-state index contributed by atoms with van der Waals surface area (Å²) in [6.45, 7) is -0.104. The van der Waals surface area contributed by atoms with Gasteiger partial charge in [0.1, 0.15) is 5.75 Å². The third kappa shape index (κ3) is 3.84. The Labute approximate surface area is 200 Å². The van der Waals surface area contributed by atoms with E-state index in [-0.39, 0.29) is 29.5 Å². The number of halogens is 1. The van der Waals surface area contributed by atoms with Crippen LogP contribution < -0.4 is 16.0 Å². The number of hydrogen-bond acceptors (Lipinski definition) is 5. The van der Waals surface area contributed by atoms with E-state index in [2.05, 4.69) is 4.98 Å². The first kappa shape index (κ1) is 22.2. The predicted octanol–water partition coefficient (Wildman–Crippen LogP) is 4.01. The normalized spacial score (nSPS) is 14.1. The second kappa shape index (κ2) is 8.95. The van der Waals surface area contributed by atoms with Crippen LogP contribution in [0.25, 0.3) is 16.9 Å². The summed E-state index contributed by atoms with van der Waals surface area (Å²) in [5.41, 5.74) is 0.520. The van der Waals surface area contributed by atoms with E-state index in [9.17, 15) is 14.4 Å². The first-order valence-corrected chi connectivity index (χ1v) is 11.5. The van der Waals surface area contributed by atoms with Crippen molar-refractivity contribution in [3.05, 3.63) is 86.3 Å². The van der Waals surface area contributed by atoms with E-state index >= 15 is 0 Å². The van der Waals surface area contributed by atoms with E-state index in [4.69, 9.17) is 16.3 Å². The molecule has 174 valence electrons. The highest BCUT2D eigenvalue weighted by atomic mass is 35.5. The third-order valence-electron chi connectivity index (χ3n) is 6.31. The Bertz CT molecular complexity index is 1510. The fraction of sp³-hybridized carbons (Fsp3) is 0.280. The summed E-state index contributed by atoms with van der Waals surface area (Å²) in [6, 6.07) is 13.5. The Hall–Kier alpha value is -3.65. The molecule has 5 rings (SSSR count). The van der Waals surface area contributed by atoms with E-state index < -0.39 is 11.2 Å². The maximum absolute atomic E-state index is 13.6. The molecular formula is C25H23ClN4O4. The molecule has 4 aromatic rings. The molecule has 0 saturated heterocycles. The number of carbonyl (C=O) groups excluding carboxylic acids is 1. The van der Waals surface area contributed by atoms with Crippen LogP contribution in [0.4, 0.5) is 0 Å². The molecule has 0 radical (unpaired) electrons. The van der Waals surface area contributed by atoms with Gasteiger partial charge >= 0.3 is 5.69 Å². The van der Waals surface area contributed by atoms with Crippen molar-refractivity contribution in [1.82, 2.24) is 18.7 Å². The first-order valence-electron chi connectivity index (χ1n) is 11.1. The van der Waals surface area contributed by atoms with Gasteiger partial charge < -0.3 is 9.30 Å². The van der Waals surface area contributed by atoms with Crippen LogP contribution in [0.1, 0.15) is 42.1 Å². The number of benzene rings is 2. The van der Waals surface area contributed by atoms with E-state index in [1.807, 2.05) is 0 Å². The van der Waals surface area contributed by atoms with E-state index in [1.165, 1.54) is 20.0 Å². The summed E-state index contributed by atoms with van der Waals surface area (Å²) in [4.78, 5) is 44.6. The smallest absolute Gasteiger partial charge is 0.337 e. The molecule has 2 aromatic heterocycles. The van der Waals surface area contributed by atoms with Crippen LogP contribution in [0.3, 0.4) is 0 Å². The van der Waals surface area contributed by atoms with Gasteiger partial charge in [0.25, 0.3) is 5.56 Å². The Balaban J connectivity index is 1.72. The van der Waals surface area contributed by atoms with Crippen LogP contribution >= 0.6 is 11.6 Å². The quantitative estimate of drug-likeness (QED) is 0.391. The van der Waals surface area contributed by atoms with Crippen LogP contribution in [-0.2, 0) is 6.54 Å². The lowest BCUT2D eigenvalue weighted by atomic mass is 10.1. The molecule has 0 N–H and O–H groups in total. The van der Waals surface area contributed by atoms with Gasteiger partial charge in [0.2, 0.25) is 0 Å². The molecule has 2 heterocycles. The zero-order valence-electron chi connectivity index (χ0n) is 18.6. The SMILES string of the molecule is COc1cccc(-n2c(=O)n(C3CCCC3)c(=O)c3c2ncn3CC(=O)c2cccc(Cl)c2)c1. The van der Waals surface area contributed by atoms with Crippen LogP contribution in [0.15, 0.2) is 64.4 Å². The maximum Gasteiger partial charge on any atom is 0.337 e. The van der Waals surface area contributed by atoms with Crippen molar-refractivity contribution in [3.8, 4) is 11.4 Å². The highest BCUT2D eigenvalue weighted by Crippen LogP contribution is 2.28. The second-order valence-electron chi connectivity index (χ2n) is 8.41. The average molecular weight is 479 g/mol. The van der Waals surface area contributed by atoms with Crippen LogP contribution in [0, 0.1) is 0 Å². The summed E-state index contributed by atoms with van der Waals surface area (Å²) in [5.74, 6) is 0.361. The molecule has 0 spiro atoms. The summed E-state index contributed by atoms with van der Waals surface area (Å²) < 4.78 is 9.61. The molecule has 34 heavy (non-hydrogen) atoms. The number of nitrogens with zero attached hydrogens (tertiary/aromatic N) is 4. The van der Waals surface area contributed by atoms with E-state index in [1.54, 1.807) is 55.6 Å². The number of methoxy groups -OCH3 is 1. The minimum absolute atomic E-state index is 0.104. The lowest BCUT2D eigenvalue weighted by Gasteiger charge is -2.17. The molecule has 0 aliphatic heterocycles. The lowest BCUT2D eigenvalue weighted by Crippen LogP contribution is -2.42. The van der Waals surface area contributed by atoms with Gasteiger partial charge in [-0.25, -0.2) is 14.3 Å². The number of fused-ring (bicyclic) bond motifs is 1. The van der Waals surface area contributed by atoms with Gasteiger partial charge in [-0.2, -0.15) is 0 Å². The van der Waals surface area contributed by atoms with Gasteiger partial charge in [0.15, 0.2) is 16.9 Å². The van der Waals surface area contributed by atoms with Crippen molar-refractivity contribution in [2.75, 3.05) is 7.11 Å². The number of ketones is 1. The number of hydrogen-bond donors (Lipinski definition) is 0. The molecule has 1 saturated carbocycles. The molecule has 8 nitrogen and oxygen atoms in total. The molecule has 0 bridgehead atoms. The summed E-state index contributed by atoms with van der Waals surface area (Å²) in [5, 5.41) is 0.455. The van der Waals surface area contributed by atoms with Crippen molar-refractivity contribution in [1.29, 1.82) is 0 Å². The summed E-state index contributed by atoms with van der Waals surface area (Å²) in [6.07, 6.45) is 4.87. The van der Waals surface area contributed by atoms with Crippen LogP contribution in [0.5, 0.6) is 5.75 Å². The van der Waals surface area contributed by atoms with Crippen molar-refractivity contribution in [2.45, 2.75) is 38.3 Å². The Morgan fingerprint density at radius 1 is 1.12 bits per heavy atom. The lowest BCUT2D eigenvalue weighted by molar-refractivity contribution is 0.0973. The Kier molecular flexibility index (Phi) is 5.83. The number of ether oxygens (including phenoxy) is 1. The number of aromatic nitrogens is 4. The fourth-order valence-corrected chi connectivity index (χ4v) is 4.84. The zero-order valence-corrected chi connectivity index (χ0v) is 19.4. The van der Waals surface area contributed by atoms with E-state index in [0.717, 1.165) is 25.7 Å². The first-order chi connectivity index (χ1) is 16.5. The molecule has 2 aromatic carbocycles. The number of imidazole rings is 1. The average Bonchev–Trinajstić information content (AvgIpc) is 3.50. The van der Waals surface area contributed by atoms with Gasteiger partial charge in [0, 0.05) is 22.7 Å². The molecule has 0 atom stereocenters. The summed E-state index contributed by atoms with van der Waals surface area (Å²) in [7, 11) is 1.55. The van der Waals surface area contributed by atoms with Gasteiger partial charge in [0.05, 0.1) is 25.7 Å². The Morgan fingerprint density at radius 2 is 1.88 bits per heavy atom. The largest absolute Gasteiger partial charge is 0.497 e.